The number of aryl methyl sites for hydroxylation is 1. The van der Waals surface area contributed by atoms with Crippen LogP contribution in [0.3, 0.4) is 0 Å². The number of hydrogen-bond acceptors (Lipinski definition) is 9. The highest BCUT2D eigenvalue weighted by molar-refractivity contribution is 7.21. The van der Waals surface area contributed by atoms with Crippen molar-refractivity contribution in [1.82, 2.24) is 24.1 Å². The standard InChI is InChI=1S/C29H33N5O7S/c1-16-23-24(35)33(29(2,3)27(36)37)28(38)32(26(23)42-25(16)34-30-11-12-31-34)15-22(20-7-5-6-8-21(20)39-4)41-19-13-17-9-10-18(14-19)40-17/h5-8,11-12,17-19,22H,9-10,13-15H2,1-4H3,(H,36,37)/t17-,18+,19-,22-/m0/s1. The first kappa shape index (κ1) is 28.3. The van der Waals surface area contributed by atoms with Gasteiger partial charge in [-0.1, -0.05) is 29.5 Å². The molecule has 13 heteroatoms. The number of hydrogen-bond donors (Lipinski definition) is 1. The lowest BCUT2D eigenvalue weighted by Gasteiger charge is -2.32. The number of fused-ring (bicyclic) bond motifs is 3. The van der Waals surface area contributed by atoms with Gasteiger partial charge in [-0.05, 0) is 52.5 Å². The van der Waals surface area contributed by atoms with Crippen LogP contribution in [0, 0.1) is 6.92 Å². The van der Waals surface area contributed by atoms with E-state index in [1.54, 1.807) is 14.0 Å². The monoisotopic (exact) mass is 595 g/mol. The second-order valence-corrected chi connectivity index (χ2v) is 12.3. The lowest BCUT2D eigenvalue weighted by molar-refractivity contribution is -0.146. The summed E-state index contributed by atoms with van der Waals surface area (Å²) in [5.41, 5.74) is -1.94. The fourth-order valence-corrected chi connectivity index (χ4v) is 7.28. The molecule has 1 aromatic carbocycles. The summed E-state index contributed by atoms with van der Waals surface area (Å²) in [4.78, 5) is 42.2. The van der Waals surface area contributed by atoms with Crippen LogP contribution in [0.2, 0.25) is 0 Å². The van der Waals surface area contributed by atoms with Gasteiger partial charge in [0.2, 0.25) is 0 Å². The first-order chi connectivity index (χ1) is 20.1. The minimum Gasteiger partial charge on any atom is -0.496 e. The van der Waals surface area contributed by atoms with Gasteiger partial charge in [0.05, 0.1) is 49.7 Å². The van der Waals surface area contributed by atoms with Crippen LogP contribution >= 0.6 is 11.3 Å². The number of para-hydroxylation sites is 1. The van der Waals surface area contributed by atoms with Gasteiger partial charge in [-0.2, -0.15) is 10.2 Å². The van der Waals surface area contributed by atoms with Crippen LogP contribution in [-0.4, -0.2) is 60.6 Å². The normalized spacial score (nSPS) is 21.1. The molecule has 12 nitrogen and oxygen atoms in total. The van der Waals surface area contributed by atoms with E-state index in [-0.39, 0.29) is 30.2 Å². The van der Waals surface area contributed by atoms with E-state index < -0.39 is 28.9 Å². The fourth-order valence-electron chi connectivity index (χ4n) is 6.06. The molecule has 0 amide bonds. The van der Waals surface area contributed by atoms with Gasteiger partial charge >= 0.3 is 11.7 Å². The minimum absolute atomic E-state index is 0.0182. The van der Waals surface area contributed by atoms with Crippen LogP contribution in [-0.2, 0) is 26.4 Å². The van der Waals surface area contributed by atoms with E-state index >= 15 is 0 Å². The number of rotatable bonds is 9. The molecule has 2 bridgehead atoms. The first-order valence-corrected chi connectivity index (χ1v) is 14.7. The summed E-state index contributed by atoms with van der Waals surface area (Å²) in [6.45, 7) is 4.46. The SMILES string of the molecule is COc1ccccc1[C@H](Cn1c(=O)n(C(C)(C)C(=O)O)c(=O)c2c(C)c(-n3nccn3)sc21)O[C@@H]1C[C@H]2CC[C@@H](C1)O2. The zero-order valence-electron chi connectivity index (χ0n) is 23.9. The summed E-state index contributed by atoms with van der Waals surface area (Å²) < 4.78 is 20.8. The van der Waals surface area contributed by atoms with Crippen LogP contribution in [0.5, 0.6) is 5.75 Å². The van der Waals surface area contributed by atoms with E-state index in [9.17, 15) is 19.5 Å². The van der Waals surface area contributed by atoms with Gasteiger partial charge in [-0.15, -0.1) is 4.80 Å². The Morgan fingerprint density at radius 2 is 1.83 bits per heavy atom. The Kier molecular flexibility index (Phi) is 7.27. The minimum atomic E-state index is -1.82. The smallest absolute Gasteiger partial charge is 0.333 e. The molecule has 2 aliphatic heterocycles. The Morgan fingerprint density at radius 3 is 2.48 bits per heavy atom. The number of benzene rings is 1. The molecule has 5 heterocycles. The van der Waals surface area contributed by atoms with E-state index in [0.29, 0.717) is 21.1 Å². The maximum atomic E-state index is 14.2. The molecule has 1 N–H and O–H groups in total. The van der Waals surface area contributed by atoms with E-state index in [1.165, 1.54) is 46.9 Å². The van der Waals surface area contributed by atoms with Gasteiger partial charge in [0.15, 0.2) is 0 Å². The van der Waals surface area contributed by atoms with Crippen molar-refractivity contribution in [2.45, 2.75) is 83.0 Å². The molecule has 3 aromatic heterocycles. The maximum absolute atomic E-state index is 14.2. The molecule has 2 aliphatic rings. The number of carboxylic acids is 1. The number of nitrogens with zero attached hydrogens (tertiary/aromatic N) is 5. The third-order valence-electron chi connectivity index (χ3n) is 8.31. The molecule has 4 aromatic rings. The summed E-state index contributed by atoms with van der Waals surface area (Å²) in [5.74, 6) is -0.700. The zero-order chi connectivity index (χ0) is 29.8. The second kappa shape index (κ2) is 10.8. The lowest BCUT2D eigenvalue weighted by Crippen LogP contribution is -2.52. The summed E-state index contributed by atoms with van der Waals surface area (Å²) in [7, 11) is 1.58. The molecule has 0 unspecified atom stereocenters. The molecular weight excluding hydrogens is 562 g/mol. The Bertz CT molecular complexity index is 1740. The molecule has 0 radical (unpaired) electrons. The number of methoxy groups -OCH3 is 1. The summed E-state index contributed by atoms with van der Waals surface area (Å²) in [6.07, 6.45) is 6.06. The van der Waals surface area contributed by atoms with Crippen molar-refractivity contribution in [2.75, 3.05) is 7.11 Å². The van der Waals surface area contributed by atoms with Gasteiger partial charge in [0.25, 0.3) is 5.56 Å². The van der Waals surface area contributed by atoms with Gasteiger partial charge in [-0.25, -0.2) is 14.2 Å². The number of aliphatic carboxylic acids is 1. The molecule has 2 fully saturated rings. The molecular formula is C29H33N5O7S. The average molecular weight is 596 g/mol. The molecule has 6 rings (SSSR count). The van der Waals surface area contributed by atoms with Crippen molar-refractivity contribution in [3.05, 3.63) is 68.6 Å². The highest BCUT2D eigenvalue weighted by atomic mass is 32.1. The molecule has 0 aliphatic carbocycles. The maximum Gasteiger partial charge on any atom is 0.333 e. The Morgan fingerprint density at radius 1 is 1.17 bits per heavy atom. The van der Waals surface area contributed by atoms with Gasteiger partial charge in [0, 0.05) is 11.1 Å². The zero-order valence-corrected chi connectivity index (χ0v) is 24.7. The van der Waals surface area contributed by atoms with E-state index in [2.05, 4.69) is 10.2 Å². The Labute approximate surface area is 245 Å². The molecule has 2 saturated heterocycles. The Balaban J connectivity index is 1.55. The molecule has 0 saturated carbocycles. The third-order valence-corrected chi connectivity index (χ3v) is 9.59. The van der Waals surface area contributed by atoms with Gasteiger partial charge in [-0.3, -0.25) is 9.36 Å². The average Bonchev–Trinajstić information content (AvgIpc) is 3.69. The molecule has 222 valence electrons. The topological polar surface area (TPSA) is 140 Å². The number of carboxylic acid groups (broad SMARTS) is 1. The Hall–Kier alpha value is -3.81. The number of aromatic nitrogens is 5. The third kappa shape index (κ3) is 4.74. The fraction of sp³-hybridized carbons (Fsp3) is 0.483. The predicted molar refractivity (Wildman–Crippen MR) is 155 cm³/mol. The molecule has 4 atom stereocenters. The molecule has 42 heavy (non-hydrogen) atoms. The number of ether oxygens (including phenoxy) is 3. The number of carbonyl (C=O) groups is 1. The van der Waals surface area contributed by atoms with E-state index in [0.717, 1.165) is 35.8 Å². The van der Waals surface area contributed by atoms with Crippen molar-refractivity contribution in [1.29, 1.82) is 0 Å². The van der Waals surface area contributed by atoms with Crippen LogP contribution in [0.4, 0.5) is 0 Å². The van der Waals surface area contributed by atoms with E-state index in [4.69, 9.17) is 14.2 Å². The van der Waals surface area contributed by atoms with Crippen molar-refractivity contribution in [2.24, 2.45) is 0 Å². The van der Waals surface area contributed by atoms with Crippen molar-refractivity contribution >= 4 is 27.5 Å². The largest absolute Gasteiger partial charge is 0.496 e. The highest BCUT2D eigenvalue weighted by Gasteiger charge is 2.39. The van der Waals surface area contributed by atoms with Crippen LogP contribution in [0.25, 0.3) is 15.2 Å². The van der Waals surface area contributed by atoms with Crippen molar-refractivity contribution < 1.29 is 24.1 Å². The molecule has 0 spiro atoms. The van der Waals surface area contributed by atoms with Crippen molar-refractivity contribution in [3.63, 3.8) is 0 Å². The van der Waals surface area contributed by atoms with Gasteiger partial charge in [0.1, 0.15) is 27.2 Å². The van der Waals surface area contributed by atoms with Crippen LogP contribution < -0.4 is 16.0 Å². The van der Waals surface area contributed by atoms with Crippen LogP contribution in [0.1, 0.15) is 56.8 Å². The lowest BCUT2D eigenvalue weighted by atomic mass is 10.0. The first-order valence-electron chi connectivity index (χ1n) is 13.9. The predicted octanol–water partition coefficient (Wildman–Crippen LogP) is 3.41. The van der Waals surface area contributed by atoms with Crippen LogP contribution in [0.15, 0.2) is 46.2 Å². The van der Waals surface area contributed by atoms with E-state index in [1.807, 2.05) is 24.3 Å². The number of thiophene rings is 1. The quantitative estimate of drug-likeness (QED) is 0.308. The van der Waals surface area contributed by atoms with Gasteiger partial charge < -0.3 is 19.3 Å². The second-order valence-electron chi connectivity index (χ2n) is 11.3. The highest BCUT2D eigenvalue weighted by Crippen LogP contribution is 2.39. The summed E-state index contributed by atoms with van der Waals surface area (Å²) >= 11 is 1.20. The summed E-state index contributed by atoms with van der Waals surface area (Å²) in [5, 5.41) is 19.3. The van der Waals surface area contributed by atoms with Crippen molar-refractivity contribution in [3.8, 4) is 10.8 Å². The summed E-state index contributed by atoms with van der Waals surface area (Å²) in [6, 6.07) is 7.48.